The number of oxazole rings is 1. The first-order valence-electron chi connectivity index (χ1n) is 7.00. The lowest BCUT2D eigenvalue weighted by molar-refractivity contribution is 0.0954. The molecule has 0 unspecified atom stereocenters. The van der Waals surface area contributed by atoms with Crippen molar-refractivity contribution in [2.45, 2.75) is 6.42 Å². The van der Waals surface area contributed by atoms with Crippen LogP contribution >= 0.6 is 0 Å². The second-order valence-corrected chi connectivity index (χ2v) is 4.89. The van der Waals surface area contributed by atoms with Crippen molar-refractivity contribution in [2.24, 2.45) is 0 Å². The molecule has 5 heteroatoms. The van der Waals surface area contributed by atoms with Crippen molar-refractivity contribution in [3.8, 4) is 5.75 Å². The van der Waals surface area contributed by atoms with E-state index in [4.69, 9.17) is 9.15 Å². The number of ether oxygens (including phenoxy) is 1. The minimum atomic E-state index is -0.111. The van der Waals surface area contributed by atoms with E-state index in [2.05, 4.69) is 10.3 Å². The summed E-state index contributed by atoms with van der Waals surface area (Å²) in [6, 6.07) is 12.9. The summed E-state index contributed by atoms with van der Waals surface area (Å²) in [6.07, 6.45) is 2.16. The third-order valence-corrected chi connectivity index (χ3v) is 3.43. The highest BCUT2D eigenvalue weighted by molar-refractivity contribution is 5.94. The van der Waals surface area contributed by atoms with Crippen LogP contribution in [0.15, 0.2) is 53.3 Å². The van der Waals surface area contributed by atoms with Crippen LogP contribution in [0, 0.1) is 0 Å². The number of fused-ring (bicyclic) bond motifs is 1. The number of carbonyl (C=O) groups is 1. The second-order valence-electron chi connectivity index (χ2n) is 4.89. The molecule has 3 aromatic rings. The van der Waals surface area contributed by atoms with Gasteiger partial charge in [-0.1, -0.05) is 12.1 Å². The van der Waals surface area contributed by atoms with Gasteiger partial charge in [0.25, 0.3) is 5.91 Å². The lowest BCUT2D eigenvalue weighted by Gasteiger charge is -2.07. The Morgan fingerprint density at radius 2 is 2.18 bits per heavy atom. The Balaban J connectivity index is 1.58. The fourth-order valence-electron chi connectivity index (χ4n) is 2.24. The van der Waals surface area contributed by atoms with E-state index in [0.717, 1.165) is 23.1 Å². The first-order chi connectivity index (χ1) is 10.8. The van der Waals surface area contributed by atoms with E-state index in [1.165, 1.54) is 6.39 Å². The van der Waals surface area contributed by atoms with Crippen molar-refractivity contribution in [2.75, 3.05) is 13.7 Å². The molecule has 0 saturated heterocycles. The minimum absolute atomic E-state index is 0.111. The third-order valence-electron chi connectivity index (χ3n) is 3.43. The summed E-state index contributed by atoms with van der Waals surface area (Å²) in [5, 5.41) is 2.90. The van der Waals surface area contributed by atoms with Gasteiger partial charge in [-0.3, -0.25) is 4.79 Å². The van der Waals surface area contributed by atoms with E-state index < -0.39 is 0 Å². The standard InChI is InChI=1S/C17H16N2O3/c1-21-14-4-2-3-13(10-14)17(20)18-8-7-12-5-6-15-16(9-12)22-11-19-15/h2-6,9-11H,7-8H2,1H3,(H,18,20). The second kappa shape index (κ2) is 6.30. The smallest absolute Gasteiger partial charge is 0.251 e. The fraction of sp³-hybridized carbons (Fsp3) is 0.176. The van der Waals surface area contributed by atoms with Gasteiger partial charge in [-0.25, -0.2) is 4.98 Å². The molecular weight excluding hydrogens is 280 g/mol. The molecule has 1 aromatic heterocycles. The Labute approximate surface area is 127 Å². The van der Waals surface area contributed by atoms with Crippen molar-refractivity contribution in [3.05, 3.63) is 60.0 Å². The summed E-state index contributed by atoms with van der Waals surface area (Å²) in [5.74, 6) is 0.558. The molecule has 1 amide bonds. The summed E-state index contributed by atoms with van der Waals surface area (Å²) < 4.78 is 10.4. The maximum atomic E-state index is 12.1. The molecule has 0 aliphatic rings. The van der Waals surface area contributed by atoms with Crippen molar-refractivity contribution < 1.29 is 13.9 Å². The van der Waals surface area contributed by atoms with E-state index >= 15 is 0 Å². The summed E-state index contributed by atoms with van der Waals surface area (Å²) in [7, 11) is 1.58. The van der Waals surface area contributed by atoms with Gasteiger partial charge in [0.2, 0.25) is 0 Å². The van der Waals surface area contributed by atoms with Crippen LogP contribution in [0.5, 0.6) is 5.75 Å². The molecular formula is C17H16N2O3. The maximum Gasteiger partial charge on any atom is 0.251 e. The van der Waals surface area contributed by atoms with Gasteiger partial charge in [0.15, 0.2) is 12.0 Å². The number of hydrogen-bond donors (Lipinski definition) is 1. The zero-order chi connectivity index (χ0) is 15.4. The van der Waals surface area contributed by atoms with Crippen LogP contribution < -0.4 is 10.1 Å². The van der Waals surface area contributed by atoms with Crippen molar-refractivity contribution >= 4 is 17.0 Å². The molecule has 0 aliphatic heterocycles. The summed E-state index contributed by atoms with van der Waals surface area (Å²) >= 11 is 0. The molecule has 0 radical (unpaired) electrons. The van der Waals surface area contributed by atoms with Gasteiger partial charge in [0.05, 0.1) is 7.11 Å². The average molecular weight is 296 g/mol. The summed E-state index contributed by atoms with van der Waals surface area (Å²) in [6.45, 7) is 0.551. The molecule has 1 N–H and O–H groups in total. The lowest BCUT2D eigenvalue weighted by Crippen LogP contribution is -2.25. The van der Waals surface area contributed by atoms with E-state index in [1.54, 1.807) is 25.3 Å². The quantitative estimate of drug-likeness (QED) is 0.786. The molecule has 3 rings (SSSR count). The largest absolute Gasteiger partial charge is 0.497 e. The fourth-order valence-corrected chi connectivity index (χ4v) is 2.24. The van der Waals surface area contributed by atoms with Gasteiger partial charge >= 0.3 is 0 Å². The first kappa shape index (κ1) is 14.1. The Morgan fingerprint density at radius 1 is 1.27 bits per heavy atom. The topological polar surface area (TPSA) is 64.4 Å². The number of nitrogens with zero attached hydrogens (tertiary/aromatic N) is 1. The molecule has 0 spiro atoms. The Bertz CT molecular complexity index is 795. The Kier molecular flexibility index (Phi) is 4.05. The van der Waals surface area contributed by atoms with Gasteiger partial charge in [-0.2, -0.15) is 0 Å². The molecule has 0 saturated carbocycles. The molecule has 0 atom stereocenters. The number of carbonyl (C=O) groups excluding carboxylic acids is 1. The highest BCUT2D eigenvalue weighted by Crippen LogP contribution is 2.15. The number of rotatable bonds is 5. The van der Waals surface area contributed by atoms with Crippen LogP contribution in [-0.2, 0) is 6.42 Å². The van der Waals surface area contributed by atoms with Crippen LogP contribution in [0.3, 0.4) is 0 Å². The zero-order valence-corrected chi connectivity index (χ0v) is 12.2. The summed E-state index contributed by atoms with van der Waals surface area (Å²) in [4.78, 5) is 16.2. The average Bonchev–Trinajstić information content (AvgIpc) is 3.02. The molecule has 0 aliphatic carbocycles. The normalized spacial score (nSPS) is 10.6. The zero-order valence-electron chi connectivity index (χ0n) is 12.2. The van der Waals surface area contributed by atoms with Gasteiger partial charge in [-0.15, -0.1) is 0 Å². The molecule has 0 fully saturated rings. The van der Waals surface area contributed by atoms with Gasteiger partial charge < -0.3 is 14.5 Å². The predicted molar refractivity (Wildman–Crippen MR) is 83.0 cm³/mol. The number of benzene rings is 2. The molecule has 2 aromatic carbocycles. The van der Waals surface area contributed by atoms with Crippen molar-refractivity contribution in [1.29, 1.82) is 0 Å². The molecule has 22 heavy (non-hydrogen) atoms. The van der Waals surface area contributed by atoms with E-state index in [1.807, 2.05) is 24.3 Å². The maximum absolute atomic E-state index is 12.1. The SMILES string of the molecule is COc1cccc(C(=O)NCCc2ccc3ncoc3c2)c1. The molecule has 5 nitrogen and oxygen atoms in total. The molecule has 112 valence electrons. The highest BCUT2D eigenvalue weighted by Gasteiger charge is 2.06. The van der Waals surface area contributed by atoms with E-state index in [-0.39, 0.29) is 5.91 Å². The van der Waals surface area contributed by atoms with Crippen LogP contribution in [0.4, 0.5) is 0 Å². The molecule has 0 bridgehead atoms. The number of hydrogen-bond acceptors (Lipinski definition) is 4. The van der Waals surface area contributed by atoms with Crippen LogP contribution in [0.2, 0.25) is 0 Å². The Hall–Kier alpha value is -2.82. The number of aromatic nitrogens is 1. The minimum Gasteiger partial charge on any atom is -0.497 e. The van der Waals surface area contributed by atoms with Crippen LogP contribution in [0.25, 0.3) is 11.1 Å². The first-order valence-corrected chi connectivity index (χ1v) is 7.00. The van der Waals surface area contributed by atoms with Gasteiger partial charge in [0, 0.05) is 12.1 Å². The number of nitrogens with one attached hydrogen (secondary N) is 1. The van der Waals surface area contributed by atoms with Crippen LogP contribution in [0.1, 0.15) is 15.9 Å². The highest BCUT2D eigenvalue weighted by atomic mass is 16.5. The third kappa shape index (κ3) is 3.09. The number of methoxy groups -OCH3 is 1. The van der Waals surface area contributed by atoms with Gasteiger partial charge in [-0.05, 0) is 42.3 Å². The van der Waals surface area contributed by atoms with Crippen LogP contribution in [-0.4, -0.2) is 24.5 Å². The van der Waals surface area contributed by atoms with Crippen molar-refractivity contribution in [1.82, 2.24) is 10.3 Å². The Morgan fingerprint density at radius 3 is 3.05 bits per heavy atom. The molecule has 1 heterocycles. The predicted octanol–water partition coefficient (Wildman–Crippen LogP) is 2.81. The summed E-state index contributed by atoms with van der Waals surface area (Å²) in [5.41, 5.74) is 3.28. The van der Waals surface area contributed by atoms with E-state index in [0.29, 0.717) is 17.9 Å². The van der Waals surface area contributed by atoms with E-state index in [9.17, 15) is 4.79 Å². The van der Waals surface area contributed by atoms with Crippen molar-refractivity contribution in [3.63, 3.8) is 0 Å². The van der Waals surface area contributed by atoms with Gasteiger partial charge in [0.1, 0.15) is 11.3 Å². The number of amides is 1. The lowest BCUT2D eigenvalue weighted by atomic mass is 10.1. The monoisotopic (exact) mass is 296 g/mol.